The van der Waals surface area contributed by atoms with Gasteiger partial charge >= 0.3 is 10.2 Å². The van der Waals surface area contributed by atoms with Gasteiger partial charge in [-0.2, -0.15) is 12.7 Å². The van der Waals surface area contributed by atoms with E-state index in [0.29, 0.717) is 28.7 Å². The molecule has 0 radical (unpaired) electrons. The average Bonchev–Trinajstić information content (AvgIpc) is 2.96. The molecule has 1 aliphatic heterocycles. The van der Waals surface area contributed by atoms with Crippen LogP contribution in [-0.4, -0.2) is 33.6 Å². The van der Waals surface area contributed by atoms with Gasteiger partial charge in [0.2, 0.25) is 6.79 Å². The molecule has 0 saturated carbocycles. The third kappa shape index (κ3) is 3.49. The lowest BCUT2D eigenvalue weighted by atomic mass is 10.3. The normalized spacial score (nSPS) is 13.2. The van der Waals surface area contributed by atoms with Crippen molar-refractivity contribution >= 4 is 15.9 Å². The molecule has 3 rings (SSSR count). The number of anilines is 1. The summed E-state index contributed by atoms with van der Waals surface area (Å²) in [5.74, 6) is 2.51. The van der Waals surface area contributed by atoms with Crippen molar-refractivity contribution in [1.82, 2.24) is 4.31 Å². The van der Waals surface area contributed by atoms with E-state index in [1.54, 1.807) is 42.5 Å². The van der Waals surface area contributed by atoms with Crippen LogP contribution in [0.3, 0.4) is 0 Å². The Bertz CT molecular complexity index is 803. The molecule has 1 heterocycles. The Hall–Kier alpha value is -2.45. The molecule has 0 fully saturated rings. The molecule has 122 valence electrons. The van der Waals surface area contributed by atoms with Gasteiger partial charge in [-0.1, -0.05) is 0 Å². The molecule has 2 aromatic rings. The lowest BCUT2D eigenvalue weighted by molar-refractivity contribution is 0.174. The predicted octanol–water partition coefficient (Wildman–Crippen LogP) is 2.43. The quantitative estimate of drug-likeness (QED) is 0.907. The van der Waals surface area contributed by atoms with Gasteiger partial charge in [0.25, 0.3) is 0 Å². The van der Waals surface area contributed by atoms with Crippen LogP contribution in [0.5, 0.6) is 23.0 Å². The van der Waals surface area contributed by atoms with Crippen molar-refractivity contribution in [2.45, 2.75) is 0 Å². The second-order valence-corrected chi connectivity index (χ2v) is 6.92. The molecule has 2 aromatic carbocycles. The Morgan fingerprint density at radius 3 is 2.35 bits per heavy atom. The van der Waals surface area contributed by atoms with E-state index in [0.717, 1.165) is 4.31 Å². The minimum atomic E-state index is -3.52. The Kier molecular flexibility index (Phi) is 4.01. The molecule has 0 aromatic heterocycles. The van der Waals surface area contributed by atoms with E-state index in [2.05, 4.69) is 4.72 Å². The van der Waals surface area contributed by atoms with Crippen molar-refractivity contribution in [3.05, 3.63) is 42.5 Å². The summed E-state index contributed by atoms with van der Waals surface area (Å²) in [5.41, 5.74) is 0.455. The maximum atomic E-state index is 11.7. The molecule has 0 aliphatic carbocycles. The molecule has 1 aliphatic rings. The molecule has 0 bridgehead atoms. The fourth-order valence-electron chi connectivity index (χ4n) is 1.91. The van der Waals surface area contributed by atoms with Crippen molar-refractivity contribution < 1.29 is 22.6 Å². The monoisotopic (exact) mass is 336 g/mol. The number of rotatable bonds is 5. The summed E-state index contributed by atoms with van der Waals surface area (Å²) < 4.78 is 43.3. The average molecular weight is 336 g/mol. The van der Waals surface area contributed by atoms with E-state index in [9.17, 15) is 8.42 Å². The van der Waals surface area contributed by atoms with Gasteiger partial charge in [0, 0.05) is 20.2 Å². The summed E-state index contributed by atoms with van der Waals surface area (Å²) in [6.07, 6.45) is 0. The van der Waals surface area contributed by atoms with Gasteiger partial charge in [0.05, 0.1) is 5.69 Å². The third-order valence-electron chi connectivity index (χ3n) is 3.16. The minimum absolute atomic E-state index is 0.208. The molecule has 7 nitrogen and oxygen atoms in total. The second kappa shape index (κ2) is 5.98. The van der Waals surface area contributed by atoms with E-state index >= 15 is 0 Å². The topological polar surface area (TPSA) is 77.1 Å². The molecule has 23 heavy (non-hydrogen) atoms. The number of nitrogens with zero attached hydrogens (tertiary/aromatic N) is 1. The lowest BCUT2D eigenvalue weighted by Gasteiger charge is -2.13. The fourth-order valence-corrected chi connectivity index (χ4v) is 2.52. The molecule has 0 atom stereocenters. The number of ether oxygens (including phenoxy) is 3. The maximum absolute atomic E-state index is 11.7. The first-order valence-corrected chi connectivity index (χ1v) is 8.26. The number of nitrogens with one attached hydrogen (secondary N) is 1. The Labute approximate surface area is 134 Å². The zero-order chi connectivity index (χ0) is 16.4. The summed E-state index contributed by atoms with van der Waals surface area (Å²) in [7, 11) is -0.602. The fraction of sp³-hybridized carbons (Fsp3) is 0.200. The first kappa shape index (κ1) is 15.4. The van der Waals surface area contributed by atoms with Crippen LogP contribution < -0.4 is 18.9 Å². The van der Waals surface area contributed by atoms with Crippen LogP contribution in [0.25, 0.3) is 0 Å². The standard InChI is InChI=1S/C15H16N2O5S/c1-17(2)23(18,19)16-11-3-5-12(6-4-11)22-13-7-8-14-15(9-13)21-10-20-14/h3-9,16H,10H2,1-2H3. The minimum Gasteiger partial charge on any atom is -0.457 e. The van der Waals surface area contributed by atoms with Crippen LogP contribution in [0.1, 0.15) is 0 Å². The highest BCUT2D eigenvalue weighted by molar-refractivity contribution is 7.90. The highest BCUT2D eigenvalue weighted by atomic mass is 32.2. The summed E-state index contributed by atoms with van der Waals surface area (Å²) in [4.78, 5) is 0. The van der Waals surface area contributed by atoms with Gasteiger partial charge in [0.1, 0.15) is 11.5 Å². The van der Waals surface area contributed by atoms with Gasteiger partial charge < -0.3 is 14.2 Å². The number of hydrogen-bond acceptors (Lipinski definition) is 5. The smallest absolute Gasteiger partial charge is 0.301 e. The van der Waals surface area contributed by atoms with Crippen LogP contribution in [0.2, 0.25) is 0 Å². The summed E-state index contributed by atoms with van der Waals surface area (Å²) in [6.45, 7) is 0.208. The summed E-state index contributed by atoms with van der Waals surface area (Å²) >= 11 is 0. The SMILES string of the molecule is CN(C)S(=O)(=O)Nc1ccc(Oc2ccc3c(c2)OCO3)cc1. The van der Waals surface area contributed by atoms with E-state index in [1.165, 1.54) is 14.1 Å². The van der Waals surface area contributed by atoms with Gasteiger partial charge in [0.15, 0.2) is 11.5 Å². The highest BCUT2D eigenvalue weighted by Gasteiger charge is 2.15. The zero-order valence-corrected chi connectivity index (χ0v) is 13.5. The van der Waals surface area contributed by atoms with E-state index in [4.69, 9.17) is 14.2 Å². The molecule has 0 unspecified atom stereocenters. The molecular weight excluding hydrogens is 320 g/mol. The molecule has 0 saturated heterocycles. The Morgan fingerprint density at radius 1 is 1.00 bits per heavy atom. The molecule has 8 heteroatoms. The van der Waals surface area contributed by atoms with Crippen LogP contribution in [0, 0.1) is 0 Å². The van der Waals surface area contributed by atoms with E-state index in [-0.39, 0.29) is 6.79 Å². The second-order valence-electron chi connectivity index (χ2n) is 5.03. The lowest BCUT2D eigenvalue weighted by Crippen LogP contribution is -2.28. The van der Waals surface area contributed by atoms with Crippen molar-refractivity contribution in [2.24, 2.45) is 0 Å². The van der Waals surface area contributed by atoms with Crippen molar-refractivity contribution in [2.75, 3.05) is 25.6 Å². The molecule has 0 amide bonds. The van der Waals surface area contributed by atoms with Crippen molar-refractivity contribution in [3.63, 3.8) is 0 Å². The zero-order valence-electron chi connectivity index (χ0n) is 12.6. The van der Waals surface area contributed by atoms with Crippen LogP contribution in [0.15, 0.2) is 42.5 Å². The number of fused-ring (bicyclic) bond motifs is 1. The van der Waals surface area contributed by atoms with Gasteiger partial charge in [-0.25, -0.2) is 0 Å². The van der Waals surface area contributed by atoms with E-state index < -0.39 is 10.2 Å². The van der Waals surface area contributed by atoms with Crippen LogP contribution >= 0.6 is 0 Å². The molecule has 1 N–H and O–H groups in total. The summed E-state index contributed by atoms with van der Waals surface area (Å²) in [5, 5.41) is 0. The van der Waals surface area contributed by atoms with Gasteiger partial charge in [-0.05, 0) is 36.4 Å². The first-order chi connectivity index (χ1) is 10.9. The Morgan fingerprint density at radius 2 is 1.65 bits per heavy atom. The van der Waals surface area contributed by atoms with E-state index in [1.807, 2.05) is 0 Å². The van der Waals surface area contributed by atoms with Crippen LogP contribution in [0.4, 0.5) is 5.69 Å². The Balaban J connectivity index is 1.70. The number of hydrogen-bond donors (Lipinski definition) is 1. The summed E-state index contributed by atoms with van der Waals surface area (Å²) in [6, 6.07) is 11.9. The van der Waals surface area contributed by atoms with Crippen LogP contribution in [-0.2, 0) is 10.2 Å². The number of benzene rings is 2. The first-order valence-electron chi connectivity index (χ1n) is 6.82. The van der Waals surface area contributed by atoms with Gasteiger partial charge in [-0.3, -0.25) is 4.72 Å². The third-order valence-corrected chi connectivity index (χ3v) is 4.62. The largest absolute Gasteiger partial charge is 0.457 e. The highest BCUT2D eigenvalue weighted by Crippen LogP contribution is 2.36. The predicted molar refractivity (Wildman–Crippen MR) is 85.3 cm³/mol. The van der Waals surface area contributed by atoms with Gasteiger partial charge in [-0.15, -0.1) is 0 Å². The van der Waals surface area contributed by atoms with Crippen molar-refractivity contribution in [3.8, 4) is 23.0 Å². The maximum Gasteiger partial charge on any atom is 0.301 e. The van der Waals surface area contributed by atoms with Crippen molar-refractivity contribution in [1.29, 1.82) is 0 Å². The molecular formula is C15H16N2O5S. The molecule has 0 spiro atoms.